The van der Waals surface area contributed by atoms with E-state index in [2.05, 4.69) is 63.8 Å². The number of hydrogen-bond donors (Lipinski definition) is 0. The summed E-state index contributed by atoms with van der Waals surface area (Å²) in [5, 5.41) is 4.38. The highest BCUT2D eigenvalue weighted by molar-refractivity contribution is 5.82. The van der Waals surface area contributed by atoms with Crippen molar-refractivity contribution < 1.29 is 9.53 Å². The Kier molecular flexibility index (Phi) is 7.78. The second kappa shape index (κ2) is 9.85. The summed E-state index contributed by atoms with van der Waals surface area (Å²) >= 11 is 0. The molecule has 1 aromatic carbocycles. The molecule has 1 heterocycles. The second-order valence-corrected chi connectivity index (χ2v) is 8.85. The second-order valence-electron chi connectivity index (χ2n) is 8.85. The minimum absolute atomic E-state index is 0.0378. The van der Waals surface area contributed by atoms with E-state index in [1.807, 2.05) is 12.1 Å². The molecule has 0 bridgehead atoms. The molecule has 0 amide bonds. The van der Waals surface area contributed by atoms with Crippen LogP contribution in [0.4, 0.5) is 0 Å². The average Bonchev–Trinajstić information content (AvgIpc) is 3.04. The Bertz CT molecular complexity index is 757. The quantitative estimate of drug-likeness (QED) is 0.513. The molecular formula is C23H35N3O2. The Labute approximate surface area is 169 Å². The van der Waals surface area contributed by atoms with Crippen LogP contribution in [0, 0.1) is 11.3 Å². The molecule has 0 aliphatic carbocycles. The summed E-state index contributed by atoms with van der Waals surface area (Å²) in [5.41, 5.74) is 2.32. The highest BCUT2D eigenvalue weighted by Crippen LogP contribution is 2.27. The number of aromatic nitrogens is 3. The molecule has 0 fully saturated rings. The van der Waals surface area contributed by atoms with Crippen LogP contribution in [0.3, 0.4) is 0 Å². The molecule has 2 aromatic rings. The number of unbranched alkanes of at least 4 members (excludes halogenated alkanes) is 1. The molecule has 1 atom stereocenters. The van der Waals surface area contributed by atoms with Crippen molar-refractivity contribution in [2.24, 2.45) is 11.3 Å². The first-order valence-electron chi connectivity index (χ1n) is 10.5. The number of nitrogens with zero attached hydrogens (tertiary/aromatic N) is 3. The van der Waals surface area contributed by atoms with Crippen molar-refractivity contribution in [1.29, 1.82) is 0 Å². The molecule has 0 saturated carbocycles. The van der Waals surface area contributed by atoms with Crippen LogP contribution in [0.1, 0.15) is 77.6 Å². The van der Waals surface area contributed by atoms with Gasteiger partial charge in [0.2, 0.25) is 5.91 Å². The molecule has 28 heavy (non-hydrogen) atoms. The van der Waals surface area contributed by atoms with Gasteiger partial charge in [-0.2, -0.15) is 9.67 Å². The van der Waals surface area contributed by atoms with Crippen LogP contribution >= 0.6 is 0 Å². The first kappa shape index (κ1) is 22.1. The van der Waals surface area contributed by atoms with E-state index in [1.165, 1.54) is 10.2 Å². The molecule has 0 unspecified atom stereocenters. The Morgan fingerprint density at radius 1 is 1.18 bits per heavy atom. The molecule has 0 aliphatic rings. The molecule has 0 N–H and O–H groups in total. The molecule has 1 aromatic heterocycles. The maximum absolute atomic E-state index is 13.0. The van der Waals surface area contributed by atoms with Gasteiger partial charge in [0.05, 0.1) is 6.61 Å². The third-order valence-corrected chi connectivity index (χ3v) is 4.66. The van der Waals surface area contributed by atoms with E-state index in [-0.39, 0.29) is 23.3 Å². The maximum atomic E-state index is 13.0. The molecule has 154 valence electrons. The van der Waals surface area contributed by atoms with Crippen molar-refractivity contribution in [3.8, 4) is 17.4 Å². The fourth-order valence-electron chi connectivity index (χ4n) is 3.41. The maximum Gasteiger partial charge on any atom is 0.336 e. The molecule has 5 nitrogen and oxygen atoms in total. The first-order valence-corrected chi connectivity index (χ1v) is 10.5. The van der Waals surface area contributed by atoms with E-state index < -0.39 is 0 Å². The van der Waals surface area contributed by atoms with E-state index in [0.29, 0.717) is 18.9 Å². The van der Waals surface area contributed by atoms with Crippen molar-refractivity contribution >= 4 is 5.91 Å². The molecule has 0 aliphatic heterocycles. The molecule has 0 radical (unpaired) electrons. The lowest BCUT2D eigenvalue weighted by atomic mass is 9.84. The average molecular weight is 386 g/mol. The van der Waals surface area contributed by atoms with Gasteiger partial charge < -0.3 is 4.74 Å². The van der Waals surface area contributed by atoms with Crippen LogP contribution in [0.5, 0.6) is 6.01 Å². The zero-order valence-electron chi connectivity index (χ0n) is 18.3. The summed E-state index contributed by atoms with van der Waals surface area (Å²) in [5.74, 6) is 0.794. The van der Waals surface area contributed by atoms with Crippen LogP contribution in [0.2, 0.25) is 0 Å². The van der Waals surface area contributed by atoms with Crippen LogP contribution in [0.25, 0.3) is 11.4 Å². The minimum Gasteiger partial charge on any atom is -0.462 e. The van der Waals surface area contributed by atoms with Gasteiger partial charge in [0.15, 0.2) is 5.82 Å². The molecule has 5 heteroatoms. The summed E-state index contributed by atoms with van der Waals surface area (Å²) in [6, 6.07) is 8.42. The van der Waals surface area contributed by atoms with Gasteiger partial charge in [0, 0.05) is 12.0 Å². The van der Waals surface area contributed by atoms with Crippen LogP contribution < -0.4 is 4.74 Å². The number of ether oxygens (including phenoxy) is 1. The fraction of sp³-hybridized carbons (Fsp3) is 0.609. The van der Waals surface area contributed by atoms with Gasteiger partial charge in [0.25, 0.3) is 0 Å². The van der Waals surface area contributed by atoms with E-state index in [9.17, 15) is 4.79 Å². The van der Waals surface area contributed by atoms with Gasteiger partial charge >= 0.3 is 6.01 Å². The van der Waals surface area contributed by atoms with Crippen molar-refractivity contribution in [3.63, 3.8) is 0 Å². The fourth-order valence-corrected chi connectivity index (χ4v) is 3.41. The topological polar surface area (TPSA) is 57.0 Å². The number of hydrogen-bond acceptors (Lipinski definition) is 4. The lowest BCUT2D eigenvalue weighted by Crippen LogP contribution is -2.20. The summed E-state index contributed by atoms with van der Waals surface area (Å²) < 4.78 is 7.11. The zero-order valence-corrected chi connectivity index (χ0v) is 18.3. The van der Waals surface area contributed by atoms with Crippen molar-refractivity contribution in [1.82, 2.24) is 14.8 Å². The predicted molar refractivity (Wildman–Crippen MR) is 114 cm³/mol. The Morgan fingerprint density at radius 2 is 1.86 bits per heavy atom. The SMILES string of the molecule is CCCCOc1nc(-c2ccc(CC)cc2)n(C(=O)C[C@H](C)CC(C)(C)C)n1. The monoisotopic (exact) mass is 385 g/mol. The van der Waals surface area contributed by atoms with Crippen LogP contribution in [-0.4, -0.2) is 27.3 Å². The van der Waals surface area contributed by atoms with Crippen LogP contribution in [-0.2, 0) is 6.42 Å². The number of benzene rings is 1. The van der Waals surface area contributed by atoms with Gasteiger partial charge in [-0.1, -0.05) is 72.2 Å². The molecule has 0 saturated heterocycles. The van der Waals surface area contributed by atoms with Gasteiger partial charge in [0.1, 0.15) is 0 Å². The lowest BCUT2D eigenvalue weighted by molar-refractivity contribution is 0.0856. The normalized spacial score (nSPS) is 12.8. The lowest BCUT2D eigenvalue weighted by Gasteiger charge is -2.22. The summed E-state index contributed by atoms with van der Waals surface area (Å²) in [7, 11) is 0. The van der Waals surface area contributed by atoms with E-state index in [4.69, 9.17) is 4.74 Å². The molecular weight excluding hydrogens is 350 g/mol. The van der Waals surface area contributed by atoms with Crippen LogP contribution in [0.15, 0.2) is 24.3 Å². The highest BCUT2D eigenvalue weighted by atomic mass is 16.5. The third-order valence-electron chi connectivity index (χ3n) is 4.66. The Balaban J connectivity index is 2.27. The molecule has 2 rings (SSSR count). The van der Waals surface area contributed by atoms with Crippen molar-refractivity contribution in [2.45, 2.75) is 73.6 Å². The van der Waals surface area contributed by atoms with Gasteiger partial charge in [-0.25, -0.2) is 0 Å². The summed E-state index contributed by atoms with van der Waals surface area (Å²) in [6.07, 6.45) is 4.37. The summed E-state index contributed by atoms with van der Waals surface area (Å²) in [4.78, 5) is 17.5. The van der Waals surface area contributed by atoms with E-state index in [1.54, 1.807) is 0 Å². The van der Waals surface area contributed by atoms with Crippen molar-refractivity contribution in [3.05, 3.63) is 29.8 Å². The number of carbonyl (C=O) groups is 1. The number of aryl methyl sites for hydroxylation is 1. The van der Waals surface area contributed by atoms with Gasteiger partial charge in [-0.3, -0.25) is 4.79 Å². The van der Waals surface area contributed by atoms with Gasteiger partial charge in [-0.05, 0) is 36.2 Å². The van der Waals surface area contributed by atoms with E-state index >= 15 is 0 Å². The highest BCUT2D eigenvalue weighted by Gasteiger charge is 2.23. The van der Waals surface area contributed by atoms with Crippen molar-refractivity contribution in [2.75, 3.05) is 6.61 Å². The number of carbonyl (C=O) groups excluding carboxylic acids is 1. The first-order chi connectivity index (χ1) is 13.2. The molecule has 0 spiro atoms. The predicted octanol–water partition coefficient (Wildman–Crippen LogP) is 5.79. The smallest absolute Gasteiger partial charge is 0.336 e. The minimum atomic E-state index is -0.0378. The third kappa shape index (κ3) is 6.47. The summed E-state index contributed by atoms with van der Waals surface area (Å²) in [6.45, 7) is 13.5. The Morgan fingerprint density at radius 3 is 2.43 bits per heavy atom. The standard InChI is InChI=1S/C23H35N3O2/c1-7-9-14-28-22-24-21(19-12-10-18(8-2)11-13-19)26(25-22)20(27)15-17(3)16-23(4,5)6/h10-13,17H,7-9,14-16H2,1-6H3/t17-/m0/s1. The Hall–Kier alpha value is -2.17. The number of rotatable bonds is 9. The van der Waals surface area contributed by atoms with Gasteiger partial charge in [-0.15, -0.1) is 5.10 Å². The largest absolute Gasteiger partial charge is 0.462 e. The zero-order chi connectivity index (χ0) is 20.7. The van der Waals surface area contributed by atoms with E-state index in [0.717, 1.165) is 31.2 Å².